The molecule has 0 aliphatic carbocycles. The smallest absolute Gasteiger partial charge is 0.225 e. The number of aromatic nitrogens is 2. The van der Waals surface area contributed by atoms with E-state index in [1.54, 1.807) is 30.2 Å². The van der Waals surface area contributed by atoms with Gasteiger partial charge in [-0.15, -0.1) is 23.1 Å². The van der Waals surface area contributed by atoms with E-state index in [0.717, 1.165) is 47.6 Å². The summed E-state index contributed by atoms with van der Waals surface area (Å²) in [6.07, 6.45) is 2.11. The van der Waals surface area contributed by atoms with Crippen molar-refractivity contribution in [3.05, 3.63) is 10.9 Å². The first-order chi connectivity index (χ1) is 9.78. The number of rotatable bonds is 8. The van der Waals surface area contributed by atoms with Crippen LogP contribution in [0.1, 0.15) is 25.1 Å². The summed E-state index contributed by atoms with van der Waals surface area (Å²) in [6.45, 7) is 5.95. The monoisotopic (exact) mass is 311 g/mol. The zero-order valence-electron chi connectivity index (χ0n) is 12.2. The fourth-order valence-electron chi connectivity index (χ4n) is 1.77. The van der Waals surface area contributed by atoms with E-state index in [1.807, 2.05) is 0 Å². The Hall–Kier alpha value is -0.850. The highest BCUT2D eigenvalue weighted by molar-refractivity contribution is 7.99. The molecule has 6 heteroatoms. The van der Waals surface area contributed by atoms with E-state index in [2.05, 4.69) is 35.2 Å². The van der Waals surface area contributed by atoms with Crippen LogP contribution in [0.4, 0.5) is 5.95 Å². The van der Waals surface area contributed by atoms with Crippen molar-refractivity contribution in [2.24, 2.45) is 0 Å². The molecule has 0 aromatic carbocycles. The lowest BCUT2D eigenvalue weighted by molar-refractivity contribution is 0.218. The van der Waals surface area contributed by atoms with E-state index >= 15 is 0 Å². The summed E-state index contributed by atoms with van der Waals surface area (Å²) in [7, 11) is 1.73. The summed E-state index contributed by atoms with van der Waals surface area (Å²) in [5.41, 5.74) is 0. The molecule has 0 amide bonds. The van der Waals surface area contributed by atoms with Gasteiger partial charge >= 0.3 is 0 Å². The molecule has 0 saturated carbocycles. The summed E-state index contributed by atoms with van der Waals surface area (Å²) in [5, 5.41) is 5.52. The fourth-order valence-corrected chi connectivity index (χ4v) is 3.70. The van der Waals surface area contributed by atoms with E-state index in [0.29, 0.717) is 0 Å². The van der Waals surface area contributed by atoms with Gasteiger partial charge in [-0.1, -0.05) is 13.8 Å². The largest absolute Gasteiger partial charge is 0.384 e. The molecule has 0 unspecified atom stereocenters. The van der Waals surface area contributed by atoms with E-state index < -0.39 is 0 Å². The normalized spacial score (nSPS) is 11.2. The summed E-state index contributed by atoms with van der Waals surface area (Å²) >= 11 is 3.50. The number of methoxy groups -OCH3 is 1. The molecule has 0 radical (unpaired) electrons. The van der Waals surface area contributed by atoms with Gasteiger partial charge in [-0.05, 0) is 18.9 Å². The van der Waals surface area contributed by atoms with Gasteiger partial charge in [-0.2, -0.15) is 0 Å². The van der Waals surface area contributed by atoms with E-state index in [-0.39, 0.29) is 0 Å². The van der Waals surface area contributed by atoms with E-state index in [1.165, 1.54) is 10.3 Å². The van der Waals surface area contributed by atoms with Crippen molar-refractivity contribution in [3.63, 3.8) is 0 Å². The Morgan fingerprint density at radius 3 is 2.90 bits per heavy atom. The van der Waals surface area contributed by atoms with Crippen LogP contribution < -0.4 is 5.32 Å². The molecule has 0 fully saturated rings. The molecule has 110 valence electrons. The number of anilines is 1. The lowest BCUT2D eigenvalue weighted by atomic mass is 10.3. The minimum atomic E-state index is 0.735. The Labute approximate surface area is 128 Å². The SMILES string of the molecule is CCCNc1nc(SCCOC)c2cc(CC)sc2n1. The molecule has 4 nitrogen and oxygen atoms in total. The number of hydrogen-bond acceptors (Lipinski definition) is 6. The number of thioether (sulfide) groups is 1. The Morgan fingerprint density at radius 2 is 2.20 bits per heavy atom. The van der Waals surface area contributed by atoms with Gasteiger partial charge in [0.15, 0.2) is 0 Å². The first-order valence-electron chi connectivity index (χ1n) is 6.94. The molecular weight excluding hydrogens is 290 g/mol. The number of hydrogen-bond donors (Lipinski definition) is 1. The molecule has 2 aromatic rings. The highest BCUT2D eigenvalue weighted by atomic mass is 32.2. The lowest BCUT2D eigenvalue weighted by Crippen LogP contribution is -2.05. The second-order valence-electron chi connectivity index (χ2n) is 4.41. The Bertz CT molecular complexity index is 557. The average molecular weight is 311 g/mol. The van der Waals surface area contributed by atoms with Gasteiger partial charge in [-0.25, -0.2) is 9.97 Å². The molecular formula is C14H21N3OS2. The molecule has 0 aliphatic heterocycles. The van der Waals surface area contributed by atoms with Crippen molar-refractivity contribution in [2.45, 2.75) is 31.7 Å². The predicted molar refractivity (Wildman–Crippen MR) is 88.2 cm³/mol. The number of ether oxygens (including phenoxy) is 1. The van der Waals surface area contributed by atoms with Crippen molar-refractivity contribution < 1.29 is 4.74 Å². The van der Waals surface area contributed by atoms with Crippen molar-refractivity contribution >= 4 is 39.3 Å². The highest BCUT2D eigenvalue weighted by Crippen LogP contribution is 2.32. The standard InChI is InChI=1S/C14H21N3OS2/c1-4-6-15-14-16-12(19-8-7-18-3)11-9-10(5-2)20-13(11)17-14/h9H,4-8H2,1-3H3,(H,15,16,17). The van der Waals surface area contributed by atoms with Gasteiger partial charge in [0.25, 0.3) is 0 Å². The van der Waals surface area contributed by atoms with Crippen LogP contribution in [-0.2, 0) is 11.2 Å². The lowest BCUT2D eigenvalue weighted by Gasteiger charge is -2.06. The van der Waals surface area contributed by atoms with Crippen molar-refractivity contribution in [3.8, 4) is 0 Å². The van der Waals surface area contributed by atoms with Gasteiger partial charge in [0, 0.05) is 29.7 Å². The number of nitrogens with one attached hydrogen (secondary N) is 1. The van der Waals surface area contributed by atoms with Crippen LogP contribution in [0.25, 0.3) is 10.2 Å². The van der Waals surface area contributed by atoms with Crippen molar-refractivity contribution in [1.82, 2.24) is 9.97 Å². The van der Waals surface area contributed by atoms with E-state index in [9.17, 15) is 0 Å². The van der Waals surface area contributed by atoms with Crippen LogP contribution in [-0.4, -0.2) is 36.0 Å². The molecule has 0 bridgehead atoms. The molecule has 20 heavy (non-hydrogen) atoms. The summed E-state index contributed by atoms with van der Waals surface area (Å²) < 4.78 is 5.12. The van der Waals surface area contributed by atoms with Gasteiger partial charge < -0.3 is 10.1 Å². The third-order valence-electron chi connectivity index (χ3n) is 2.82. The van der Waals surface area contributed by atoms with E-state index in [4.69, 9.17) is 4.74 Å². The molecule has 0 aliphatic rings. The maximum atomic E-state index is 5.12. The van der Waals surface area contributed by atoms with Crippen LogP contribution in [0, 0.1) is 0 Å². The zero-order chi connectivity index (χ0) is 14.4. The van der Waals surface area contributed by atoms with Crippen molar-refractivity contribution in [2.75, 3.05) is 31.3 Å². The maximum absolute atomic E-state index is 5.12. The second kappa shape index (κ2) is 7.81. The number of fused-ring (bicyclic) bond motifs is 1. The highest BCUT2D eigenvalue weighted by Gasteiger charge is 2.11. The molecule has 0 spiro atoms. The Morgan fingerprint density at radius 1 is 1.35 bits per heavy atom. The van der Waals surface area contributed by atoms with Crippen LogP contribution in [0.2, 0.25) is 0 Å². The first kappa shape index (κ1) is 15.5. The number of thiophene rings is 1. The van der Waals surface area contributed by atoms with Crippen LogP contribution >= 0.6 is 23.1 Å². The number of aryl methyl sites for hydroxylation is 1. The van der Waals surface area contributed by atoms with Gasteiger partial charge in [-0.3, -0.25) is 0 Å². The van der Waals surface area contributed by atoms with Gasteiger partial charge in [0.1, 0.15) is 9.86 Å². The van der Waals surface area contributed by atoms with Gasteiger partial charge in [0.05, 0.1) is 6.61 Å². The minimum Gasteiger partial charge on any atom is -0.384 e. The van der Waals surface area contributed by atoms with Gasteiger partial charge in [0.2, 0.25) is 5.95 Å². The molecule has 0 saturated heterocycles. The summed E-state index contributed by atoms with van der Waals surface area (Å²) in [5.74, 6) is 1.65. The molecule has 0 atom stereocenters. The third-order valence-corrected chi connectivity index (χ3v) is 4.95. The zero-order valence-corrected chi connectivity index (χ0v) is 13.9. The Kier molecular flexibility index (Phi) is 6.06. The van der Waals surface area contributed by atoms with Crippen LogP contribution in [0.15, 0.2) is 11.1 Å². The van der Waals surface area contributed by atoms with Crippen molar-refractivity contribution in [1.29, 1.82) is 0 Å². The topological polar surface area (TPSA) is 47.0 Å². The third kappa shape index (κ3) is 3.84. The number of nitrogens with zero attached hydrogens (tertiary/aromatic N) is 2. The molecule has 2 heterocycles. The van der Waals surface area contributed by atoms with Crippen LogP contribution in [0.5, 0.6) is 0 Å². The Balaban J connectivity index is 2.30. The molecule has 2 aromatic heterocycles. The second-order valence-corrected chi connectivity index (χ2v) is 6.60. The minimum absolute atomic E-state index is 0.735. The summed E-state index contributed by atoms with van der Waals surface area (Å²) in [4.78, 5) is 11.7. The first-order valence-corrected chi connectivity index (χ1v) is 8.74. The van der Waals surface area contributed by atoms with Crippen LogP contribution in [0.3, 0.4) is 0 Å². The molecule has 2 rings (SSSR count). The average Bonchev–Trinajstić information content (AvgIpc) is 2.88. The quantitative estimate of drug-likeness (QED) is 0.456. The summed E-state index contributed by atoms with van der Waals surface area (Å²) in [6, 6.07) is 2.22. The maximum Gasteiger partial charge on any atom is 0.225 e. The fraction of sp³-hybridized carbons (Fsp3) is 0.571. The molecule has 1 N–H and O–H groups in total. The predicted octanol–water partition coefficient (Wildman–Crippen LogP) is 3.81.